The van der Waals surface area contributed by atoms with Crippen molar-refractivity contribution < 1.29 is 4.39 Å². The molecule has 90 valence electrons. The van der Waals surface area contributed by atoms with Crippen LogP contribution in [0, 0.1) is 5.82 Å². The molecule has 1 aliphatic rings. The average molecular weight is 240 g/mol. The SMILES string of the molecule is CN1Cc2c(F)cccc2C(c2ccccc2)=N1. The molecule has 0 aliphatic carbocycles. The van der Waals surface area contributed by atoms with Gasteiger partial charge in [0.25, 0.3) is 0 Å². The Hall–Kier alpha value is -2.16. The molecule has 0 atom stereocenters. The lowest BCUT2D eigenvalue weighted by atomic mass is 9.96. The molecular formula is C15H13FN2. The molecule has 0 saturated heterocycles. The number of hydrogen-bond donors (Lipinski definition) is 0. The molecule has 2 aromatic rings. The van der Waals surface area contributed by atoms with E-state index in [-0.39, 0.29) is 5.82 Å². The minimum atomic E-state index is -0.164. The van der Waals surface area contributed by atoms with Crippen LogP contribution in [0.1, 0.15) is 16.7 Å². The maximum absolute atomic E-state index is 13.9. The Labute approximate surface area is 105 Å². The van der Waals surface area contributed by atoms with E-state index in [2.05, 4.69) is 5.10 Å². The first-order valence-electron chi connectivity index (χ1n) is 5.88. The van der Waals surface area contributed by atoms with Gasteiger partial charge in [-0.1, -0.05) is 42.5 Å². The van der Waals surface area contributed by atoms with Crippen molar-refractivity contribution >= 4 is 5.71 Å². The van der Waals surface area contributed by atoms with Crippen LogP contribution in [-0.2, 0) is 6.54 Å². The van der Waals surface area contributed by atoms with Crippen LogP contribution in [0.3, 0.4) is 0 Å². The van der Waals surface area contributed by atoms with E-state index >= 15 is 0 Å². The van der Waals surface area contributed by atoms with Crippen molar-refractivity contribution in [2.45, 2.75) is 6.54 Å². The number of halogens is 1. The van der Waals surface area contributed by atoms with Crippen LogP contribution in [0.2, 0.25) is 0 Å². The molecule has 3 heteroatoms. The zero-order chi connectivity index (χ0) is 12.5. The first kappa shape index (κ1) is 11.0. The van der Waals surface area contributed by atoms with Gasteiger partial charge >= 0.3 is 0 Å². The zero-order valence-electron chi connectivity index (χ0n) is 10.1. The molecule has 2 nitrogen and oxygen atoms in total. The lowest BCUT2D eigenvalue weighted by Gasteiger charge is -2.24. The Balaban J connectivity index is 2.19. The highest BCUT2D eigenvalue weighted by Crippen LogP contribution is 2.24. The summed E-state index contributed by atoms with van der Waals surface area (Å²) in [5, 5.41) is 6.29. The number of benzene rings is 2. The predicted molar refractivity (Wildman–Crippen MR) is 69.9 cm³/mol. The molecule has 18 heavy (non-hydrogen) atoms. The van der Waals surface area contributed by atoms with E-state index in [0.717, 1.165) is 16.8 Å². The molecule has 0 radical (unpaired) electrons. The molecule has 1 heterocycles. The van der Waals surface area contributed by atoms with Gasteiger partial charge in [0.2, 0.25) is 0 Å². The molecule has 2 aromatic carbocycles. The second-order valence-corrected chi connectivity index (χ2v) is 4.40. The van der Waals surface area contributed by atoms with Gasteiger partial charge in [0.15, 0.2) is 0 Å². The topological polar surface area (TPSA) is 15.6 Å². The van der Waals surface area contributed by atoms with Crippen molar-refractivity contribution in [2.24, 2.45) is 5.10 Å². The summed E-state index contributed by atoms with van der Waals surface area (Å²) in [6, 6.07) is 15.0. The van der Waals surface area contributed by atoms with Crippen LogP contribution in [0.5, 0.6) is 0 Å². The molecule has 0 bridgehead atoms. The molecule has 0 amide bonds. The Morgan fingerprint density at radius 1 is 1.06 bits per heavy atom. The van der Waals surface area contributed by atoms with Crippen molar-refractivity contribution in [1.29, 1.82) is 0 Å². The summed E-state index contributed by atoms with van der Waals surface area (Å²) in [4.78, 5) is 0. The number of fused-ring (bicyclic) bond motifs is 1. The second-order valence-electron chi connectivity index (χ2n) is 4.40. The summed E-state index contributed by atoms with van der Waals surface area (Å²) < 4.78 is 13.9. The first-order valence-corrected chi connectivity index (χ1v) is 5.88. The van der Waals surface area contributed by atoms with Gasteiger partial charge in [-0.05, 0) is 6.07 Å². The zero-order valence-corrected chi connectivity index (χ0v) is 10.1. The van der Waals surface area contributed by atoms with Crippen LogP contribution in [-0.4, -0.2) is 17.8 Å². The van der Waals surface area contributed by atoms with Gasteiger partial charge in [0.05, 0.1) is 12.3 Å². The van der Waals surface area contributed by atoms with Crippen molar-refractivity contribution in [3.63, 3.8) is 0 Å². The smallest absolute Gasteiger partial charge is 0.128 e. The summed E-state index contributed by atoms with van der Waals surface area (Å²) >= 11 is 0. The third kappa shape index (κ3) is 1.78. The van der Waals surface area contributed by atoms with Crippen molar-refractivity contribution in [2.75, 3.05) is 7.05 Å². The minimum Gasteiger partial charge on any atom is -0.295 e. The van der Waals surface area contributed by atoms with Gasteiger partial charge in [-0.25, -0.2) is 4.39 Å². The van der Waals surface area contributed by atoms with Gasteiger partial charge in [-0.15, -0.1) is 0 Å². The molecule has 0 unspecified atom stereocenters. The summed E-state index contributed by atoms with van der Waals surface area (Å²) in [5.41, 5.74) is 3.45. The van der Waals surface area contributed by atoms with Gasteiger partial charge in [0, 0.05) is 23.7 Å². The monoisotopic (exact) mass is 240 g/mol. The molecule has 0 N–H and O–H groups in total. The molecular weight excluding hydrogens is 227 g/mol. The maximum atomic E-state index is 13.9. The Morgan fingerprint density at radius 2 is 1.83 bits per heavy atom. The fourth-order valence-electron chi connectivity index (χ4n) is 2.24. The second kappa shape index (κ2) is 4.26. The van der Waals surface area contributed by atoms with Crippen LogP contribution >= 0.6 is 0 Å². The molecule has 0 fully saturated rings. The van der Waals surface area contributed by atoms with E-state index in [1.807, 2.05) is 43.4 Å². The largest absolute Gasteiger partial charge is 0.295 e. The van der Waals surface area contributed by atoms with Crippen LogP contribution in [0.4, 0.5) is 4.39 Å². The third-order valence-electron chi connectivity index (χ3n) is 3.08. The average Bonchev–Trinajstić information content (AvgIpc) is 2.40. The van der Waals surface area contributed by atoms with Crippen molar-refractivity contribution in [1.82, 2.24) is 5.01 Å². The Bertz CT molecular complexity index is 605. The van der Waals surface area contributed by atoms with Gasteiger partial charge < -0.3 is 0 Å². The van der Waals surface area contributed by atoms with Gasteiger partial charge in [-0.3, -0.25) is 5.01 Å². The fourth-order valence-corrected chi connectivity index (χ4v) is 2.24. The normalized spacial score (nSPS) is 14.1. The number of hydrazone groups is 1. The highest BCUT2D eigenvalue weighted by Gasteiger charge is 2.20. The van der Waals surface area contributed by atoms with E-state index in [0.29, 0.717) is 12.1 Å². The standard InChI is InChI=1S/C15H13FN2/c1-18-10-13-12(8-5-9-14(13)16)15(17-18)11-6-3-2-4-7-11/h2-9H,10H2,1H3. The molecule has 1 aliphatic heterocycles. The highest BCUT2D eigenvalue weighted by atomic mass is 19.1. The number of rotatable bonds is 1. The van der Waals surface area contributed by atoms with E-state index in [1.54, 1.807) is 11.1 Å². The Kier molecular flexibility index (Phi) is 2.59. The molecule has 3 rings (SSSR count). The fraction of sp³-hybridized carbons (Fsp3) is 0.133. The first-order chi connectivity index (χ1) is 8.75. The number of nitrogens with zero attached hydrogens (tertiary/aromatic N) is 2. The lowest BCUT2D eigenvalue weighted by Crippen LogP contribution is -2.24. The number of hydrogen-bond acceptors (Lipinski definition) is 2. The third-order valence-corrected chi connectivity index (χ3v) is 3.08. The van der Waals surface area contributed by atoms with E-state index in [9.17, 15) is 4.39 Å². The van der Waals surface area contributed by atoms with E-state index in [1.165, 1.54) is 6.07 Å². The predicted octanol–water partition coefficient (Wildman–Crippen LogP) is 3.02. The van der Waals surface area contributed by atoms with E-state index < -0.39 is 0 Å². The van der Waals surface area contributed by atoms with Gasteiger partial charge in [0.1, 0.15) is 5.82 Å². The summed E-state index contributed by atoms with van der Waals surface area (Å²) in [5.74, 6) is -0.164. The van der Waals surface area contributed by atoms with Crippen LogP contribution in [0.25, 0.3) is 0 Å². The van der Waals surface area contributed by atoms with Crippen LogP contribution in [0.15, 0.2) is 53.6 Å². The van der Waals surface area contributed by atoms with E-state index in [4.69, 9.17) is 0 Å². The maximum Gasteiger partial charge on any atom is 0.128 e. The van der Waals surface area contributed by atoms with Gasteiger partial charge in [-0.2, -0.15) is 5.10 Å². The molecule has 0 saturated carbocycles. The summed E-state index contributed by atoms with van der Waals surface area (Å²) in [7, 11) is 1.86. The quantitative estimate of drug-likeness (QED) is 0.748. The molecule has 0 aromatic heterocycles. The summed E-state index contributed by atoms with van der Waals surface area (Å²) in [6.45, 7) is 0.512. The molecule has 0 spiro atoms. The van der Waals surface area contributed by atoms with Crippen LogP contribution < -0.4 is 0 Å². The minimum absolute atomic E-state index is 0.164. The Morgan fingerprint density at radius 3 is 2.61 bits per heavy atom. The van der Waals surface area contributed by atoms with Crippen molar-refractivity contribution in [3.05, 3.63) is 71.0 Å². The van der Waals surface area contributed by atoms with Crippen molar-refractivity contribution in [3.8, 4) is 0 Å². The summed E-state index contributed by atoms with van der Waals surface area (Å²) in [6.07, 6.45) is 0. The highest BCUT2D eigenvalue weighted by molar-refractivity contribution is 6.14. The lowest BCUT2D eigenvalue weighted by molar-refractivity contribution is 0.334.